The molecule has 4 nitrogen and oxygen atoms in total. The molecule has 1 saturated carbocycles. The van der Waals surface area contributed by atoms with Crippen LogP contribution < -0.4 is 10.1 Å². The quantitative estimate of drug-likeness (QED) is 0.871. The highest BCUT2D eigenvalue weighted by Gasteiger charge is 2.23. The topological polar surface area (TPSA) is 47.0 Å². The Morgan fingerprint density at radius 2 is 2.00 bits per heavy atom. The minimum Gasteiger partial charge on any atom is -0.490 e. The number of nitrogens with one attached hydrogen (secondary N) is 1. The number of nitrogens with zero attached hydrogens (tertiary/aromatic N) is 2. The summed E-state index contributed by atoms with van der Waals surface area (Å²) >= 11 is 0. The summed E-state index contributed by atoms with van der Waals surface area (Å²) in [7, 11) is 0. The Labute approximate surface area is 119 Å². The van der Waals surface area contributed by atoms with Crippen LogP contribution in [0.15, 0.2) is 36.7 Å². The highest BCUT2D eigenvalue weighted by Crippen LogP contribution is 2.28. The number of benzene rings is 1. The monoisotopic (exact) mass is 269 g/mol. The van der Waals surface area contributed by atoms with Crippen molar-refractivity contribution in [1.82, 2.24) is 9.97 Å². The molecule has 1 aromatic carbocycles. The molecule has 1 heterocycles. The number of hydrogen-bond donors (Lipinski definition) is 1. The molecular weight excluding hydrogens is 250 g/mol. The molecule has 0 unspecified atom stereocenters. The summed E-state index contributed by atoms with van der Waals surface area (Å²) in [5, 5.41) is 3.25. The lowest BCUT2D eigenvalue weighted by Gasteiger charge is -2.07. The molecule has 0 bridgehead atoms. The van der Waals surface area contributed by atoms with E-state index in [4.69, 9.17) is 4.74 Å². The maximum Gasteiger partial charge on any atom is 0.145 e. The molecule has 1 aromatic heterocycles. The van der Waals surface area contributed by atoms with Gasteiger partial charge in [-0.25, -0.2) is 4.98 Å². The molecular formula is C16H19N3O. The largest absolute Gasteiger partial charge is 0.490 e. The Bertz CT molecular complexity index is 564. The van der Waals surface area contributed by atoms with Gasteiger partial charge in [0, 0.05) is 12.1 Å². The second-order valence-corrected chi connectivity index (χ2v) is 5.06. The molecule has 20 heavy (non-hydrogen) atoms. The number of ether oxygens (including phenoxy) is 1. The molecule has 104 valence electrons. The summed E-state index contributed by atoms with van der Waals surface area (Å²) in [6.07, 6.45) is 7.40. The van der Waals surface area contributed by atoms with E-state index in [1.54, 1.807) is 12.4 Å². The Kier molecular flexibility index (Phi) is 3.81. The molecule has 0 radical (unpaired) electrons. The molecule has 0 amide bonds. The predicted octanol–water partition coefficient (Wildman–Crippen LogP) is 3.51. The van der Waals surface area contributed by atoms with Gasteiger partial charge >= 0.3 is 0 Å². The van der Waals surface area contributed by atoms with Crippen LogP contribution in [0.2, 0.25) is 0 Å². The van der Waals surface area contributed by atoms with Gasteiger partial charge in [0.15, 0.2) is 0 Å². The first-order valence-corrected chi connectivity index (χ1v) is 7.18. The minimum absolute atomic E-state index is 0.433. The lowest BCUT2D eigenvalue weighted by molar-refractivity contribution is 0.303. The normalized spacial score (nSPS) is 14.1. The summed E-state index contributed by atoms with van der Waals surface area (Å²) in [5.41, 5.74) is 1.94. The van der Waals surface area contributed by atoms with E-state index in [0.717, 1.165) is 35.8 Å². The number of anilines is 1. The second kappa shape index (κ2) is 5.90. The number of hydrogen-bond acceptors (Lipinski definition) is 4. The van der Waals surface area contributed by atoms with Crippen LogP contribution in [0.1, 0.15) is 26.2 Å². The van der Waals surface area contributed by atoms with E-state index in [9.17, 15) is 0 Å². The van der Waals surface area contributed by atoms with Gasteiger partial charge in [0.05, 0.1) is 24.2 Å². The lowest BCUT2D eigenvalue weighted by atomic mass is 10.1. The number of aromatic nitrogens is 2. The van der Waals surface area contributed by atoms with Crippen molar-refractivity contribution in [3.63, 3.8) is 0 Å². The van der Waals surface area contributed by atoms with Crippen LogP contribution in [0.3, 0.4) is 0 Å². The van der Waals surface area contributed by atoms with Crippen LogP contribution in [0.5, 0.6) is 5.75 Å². The molecule has 0 atom stereocenters. The fourth-order valence-electron chi connectivity index (χ4n) is 1.93. The third-order valence-electron chi connectivity index (χ3n) is 3.17. The highest BCUT2D eigenvalue weighted by atomic mass is 16.5. The van der Waals surface area contributed by atoms with Gasteiger partial charge < -0.3 is 10.1 Å². The van der Waals surface area contributed by atoms with E-state index < -0.39 is 0 Å². The van der Waals surface area contributed by atoms with E-state index in [0.29, 0.717) is 6.10 Å². The zero-order chi connectivity index (χ0) is 13.8. The van der Waals surface area contributed by atoms with Gasteiger partial charge in [-0.05, 0) is 43.5 Å². The molecule has 2 aromatic rings. The summed E-state index contributed by atoms with van der Waals surface area (Å²) < 4.78 is 5.74. The second-order valence-electron chi connectivity index (χ2n) is 5.06. The summed E-state index contributed by atoms with van der Waals surface area (Å²) in [6.45, 7) is 3.04. The first kappa shape index (κ1) is 12.9. The molecule has 4 heteroatoms. The maximum atomic E-state index is 5.74. The third kappa shape index (κ3) is 3.26. The van der Waals surface area contributed by atoms with Gasteiger partial charge in [0.2, 0.25) is 0 Å². The highest BCUT2D eigenvalue weighted by molar-refractivity contribution is 5.60. The average molecular weight is 269 g/mol. The zero-order valence-electron chi connectivity index (χ0n) is 11.7. The van der Waals surface area contributed by atoms with Gasteiger partial charge in [-0.3, -0.25) is 4.98 Å². The fraction of sp³-hybridized carbons (Fsp3) is 0.375. The minimum atomic E-state index is 0.433. The Morgan fingerprint density at radius 3 is 2.70 bits per heavy atom. The van der Waals surface area contributed by atoms with Gasteiger partial charge in [-0.15, -0.1) is 0 Å². The van der Waals surface area contributed by atoms with Crippen molar-refractivity contribution in [3.05, 3.63) is 36.7 Å². The lowest BCUT2D eigenvalue weighted by Crippen LogP contribution is -2.02. The summed E-state index contributed by atoms with van der Waals surface area (Å²) in [6, 6.07) is 8.07. The maximum absolute atomic E-state index is 5.74. The Hall–Kier alpha value is -2.10. The zero-order valence-corrected chi connectivity index (χ0v) is 11.7. The van der Waals surface area contributed by atoms with E-state index in [-0.39, 0.29) is 0 Å². The fourth-order valence-corrected chi connectivity index (χ4v) is 1.93. The molecule has 0 saturated heterocycles. The third-order valence-corrected chi connectivity index (χ3v) is 3.17. The van der Waals surface area contributed by atoms with Gasteiger partial charge in [0.1, 0.15) is 11.6 Å². The molecule has 1 N–H and O–H groups in total. The van der Waals surface area contributed by atoms with Crippen LogP contribution in [0.25, 0.3) is 11.3 Å². The van der Waals surface area contributed by atoms with E-state index >= 15 is 0 Å². The van der Waals surface area contributed by atoms with Gasteiger partial charge in [-0.1, -0.05) is 6.92 Å². The first-order chi connectivity index (χ1) is 9.85. The molecule has 0 aliphatic heterocycles. The predicted molar refractivity (Wildman–Crippen MR) is 79.9 cm³/mol. The van der Waals surface area contributed by atoms with Crippen LogP contribution in [0, 0.1) is 0 Å². The molecule has 3 rings (SSSR count). The van der Waals surface area contributed by atoms with Crippen molar-refractivity contribution in [2.45, 2.75) is 32.3 Å². The van der Waals surface area contributed by atoms with Crippen molar-refractivity contribution < 1.29 is 4.74 Å². The molecule has 0 spiro atoms. The van der Waals surface area contributed by atoms with Crippen LogP contribution >= 0.6 is 0 Å². The SMILES string of the molecule is CCCNc1cncc(-c2ccc(OC3CC3)cc2)n1. The van der Waals surface area contributed by atoms with Crippen molar-refractivity contribution in [2.75, 3.05) is 11.9 Å². The van der Waals surface area contributed by atoms with Crippen LogP contribution in [-0.2, 0) is 0 Å². The van der Waals surface area contributed by atoms with Gasteiger partial charge in [0.25, 0.3) is 0 Å². The van der Waals surface area contributed by atoms with Crippen LogP contribution in [-0.4, -0.2) is 22.6 Å². The van der Waals surface area contributed by atoms with Crippen molar-refractivity contribution in [1.29, 1.82) is 0 Å². The smallest absolute Gasteiger partial charge is 0.145 e. The molecule has 1 aliphatic carbocycles. The van der Waals surface area contributed by atoms with Gasteiger partial charge in [-0.2, -0.15) is 0 Å². The molecule has 1 aliphatic rings. The van der Waals surface area contributed by atoms with E-state index in [1.165, 1.54) is 12.8 Å². The Morgan fingerprint density at radius 1 is 1.20 bits per heavy atom. The van der Waals surface area contributed by atoms with Crippen molar-refractivity contribution in [2.24, 2.45) is 0 Å². The number of rotatable bonds is 6. The Balaban J connectivity index is 1.73. The summed E-state index contributed by atoms with van der Waals surface area (Å²) in [5.74, 6) is 1.76. The molecule has 1 fully saturated rings. The van der Waals surface area contributed by atoms with Crippen molar-refractivity contribution in [3.8, 4) is 17.0 Å². The van der Waals surface area contributed by atoms with Crippen molar-refractivity contribution >= 4 is 5.82 Å². The summed E-state index contributed by atoms with van der Waals surface area (Å²) in [4.78, 5) is 8.81. The van der Waals surface area contributed by atoms with E-state index in [1.807, 2.05) is 24.3 Å². The average Bonchev–Trinajstić information content (AvgIpc) is 3.30. The van der Waals surface area contributed by atoms with E-state index in [2.05, 4.69) is 22.2 Å². The standard InChI is InChI=1S/C16H19N3O/c1-2-9-18-16-11-17-10-15(19-16)12-3-5-13(6-4-12)20-14-7-8-14/h3-6,10-11,14H,2,7-9H2,1H3,(H,18,19). The van der Waals surface area contributed by atoms with Crippen LogP contribution in [0.4, 0.5) is 5.82 Å². The first-order valence-electron chi connectivity index (χ1n) is 7.18.